The molecule has 1 aliphatic rings. The van der Waals surface area contributed by atoms with Gasteiger partial charge >= 0.3 is 11.9 Å². The molecule has 0 saturated carbocycles. The summed E-state index contributed by atoms with van der Waals surface area (Å²) in [4.78, 5) is 36.3. The Morgan fingerprint density at radius 3 is 2.46 bits per heavy atom. The Labute approximate surface area is 149 Å². The topological polar surface area (TPSA) is 90.9 Å². The Kier molecular flexibility index (Phi) is 4.88. The minimum Gasteiger partial charge on any atom is -0.480 e. The fourth-order valence-corrected chi connectivity index (χ4v) is 2.72. The number of amides is 1. The van der Waals surface area contributed by atoms with Gasteiger partial charge in [-0.15, -0.1) is 0 Å². The Morgan fingerprint density at radius 2 is 1.77 bits per heavy atom. The zero-order valence-corrected chi connectivity index (χ0v) is 14.3. The third-order valence-corrected chi connectivity index (χ3v) is 4.04. The zero-order chi connectivity index (χ0) is 18.7. The number of esters is 2. The number of fused-ring (bicyclic) bond motifs is 1. The van der Waals surface area contributed by atoms with Crippen molar-refractivity contribution in [2.45, 2.75) is 12.5 Å². The number of para-hydroxylation sites is 1. The molecule has 1 N–H and O–H groups in total. The molecule has 1 aliphatic heterocycles. The molecule has 0 aromatic heterocycles. The Balaban J connectivity index is 1.84. The number of carbonyl (C=O) groups excluding carboxylic acids is 3. The lowest BCUT2D eigenvalue weighted by Gasteiger charge is -2.14. The van der Waals surface area contributed by atoms with Crippen LogP contribution in [0.2, 0.25) is 0 Å². The summed E-state index contributed by atoms with van der Waals surface area (Å²) in [5, 5.41) is 2.65. The van der Waals surface area contributed by atoms with Gasteiger partial charge in [0.15, 0.2) is 6.10 Å². The van der Waals surface area contributed by atoms with E-state index in [4.69, 9.17) is 9.47 Å². The van der Waals surface area contributed by atoms with Gasteiger partial charge in [0.2, 0.25) is 0 Å². The predicted molar refractivity (Wildman–Crippen MR) is 92.3 cm³/mol. The van der Waals surface area contributed by atoms with E-state index in [1.807, 2.05) is 18.2 Å². The summed E-state index contributed by atoms with van der Waals surface area (Å²) in [5.74, 6) is -0.980. The molecule has 7 heteroatoms. The highest BCUT2D eigenvalue weighted by atomic mass is 16.5. The van der Waals surface area contributed by atoms with Gasteiger partial charge in [-0.25, -0.2) is 9.59 Å². The molecule has 1 amide bonds. The second-order valence-corrected chi connectivity index (χ2v) is 5.65. The van der Waals surface area contributed by atoms with Gasteiger partial charge in [0.05, 0.1) is 31.0 Å². The second-order valence-electron chi connectivity index (χ2n) is 5.65. The van der Waals surface area contributed by atoms with Crippen LogP contribution in [0.5, 0.6) is 5.75 Å². The molecule has 2 aromatic carbocycles. The highest BCUT2D eigenvalue weighted by molar-refractivity contribution is 6.04. The van der Waals surface area contributed by atoms with Crippen LogP contribution in [0.15, 0.2) is 42.5 Å². The van der Waals surface area contributed by atoms with E-state index < -0.39 is 23.9 Å². The van der Waals surface area contributed by atoms with E-state index in [2.05, 4.69) is 10.1 Å². The minimum atomic E-state index is -0.723. The van der Waals surface area contributed by atoms with Crippen molar-refractivity contribution in [1.29, 1.82) is 0 Å². The minimum absolute atomic E-state index is 0.129. The fourth-order valence-electron chi connectivity index (χ4n) is 2.72. The standard InChI is InChI=1S/C19H17NO6/c1-24-18(22)12-7-8-13(19(23)25-2)14(9-12)20-17(21)16-10-11-5-3-4-6-15(11)26-16/h3-9,16H,10H2,1-2H3,(H,20,21). The third-order valence-electron chi connectivity index (χ3n) is 4.04. The van der Waals surface area contributed by atoms with Crippen LogP contribution >= 0.6 is 0 Å². The van der Waals surface area contributed by atoms with Crippen LogP contribution in [0.1, 0.15) is 26.3 Å². The van der Waals surface area contributed by atoms with Crippen molar-refractivity contribution in [1.82, 2.24) is 0 Å². The molecule has 0 radical (unpaired) electrons. The molecule has 26 heavy (non-hydrogen) atoms. The molecule has 134 valence electrons. The molecule has 0 bridgehead atoms. The Morgan fingerprint density at radius 1 is 1.04 bits per heavy atom. The van der Waals surface area contributed by atoms with Crippen molar-refractivity contribution in [3.63, 3.8) is 0 Å². The predicted octanol–water partition coefficient (Wildman–Crippen LogP) is 2.20. The quantitative estimate of drug-likeness (QED) is 0.846. The molecule has 0 spiro atoms. The van der Waals surface area contributed by atoms with Crippen molar-refractivity contribution < 1.29 is 28.6 Å². The van der Waals surface area contributed by atoms with Crippen LogP contribution < -0.4 is 10.1 Å². The highest BCUT2D eigenvalue weighted by Crippen LogP contribution is 2.29. The second kappa shape index (κ2) is 7.26. The lowest BCUT2D eigenvalue weighted by atomic mass is 10.1. The van der Waals surface area contributed by atoms with E-state index >= 15 is 0 Å². The van der Waals surface area contributed by atoms with Crippen LogP contribution in [0, 0.1) is 0 Å². The number of ether oxygens (including phenoxy) is 3. The lowest BCUT2D eigenvalue weighted by molar-refractivity contribution is -0.122. The van der Waals surface area contributed by atoms with Crippen molar-refractivity contribution in [2.24, 2.45) is 0 Å². The average Bonchev–Trinajstić information content (AvgIpc) is 3.11. The van der Waals surface area contributed by atoms with Crippen LogP contribution in [0.4, 0.5) is 5.69 Å². The maximum atomic E-state index is 12.6. The van der Waals surface area contributed by atoms with Gasteiger partial charge < -0.3 is 19.5 Å². The molecule has 1 heterocycles. The first-order valence-corrected chi connectivity index (χ1v) is 7.89. The van der Waals surface area contributed by atoms with Crippen LogP contribution in [0.25, 0.3) is 0 Å². The van der Waals surface area contributed by atoms with Gasteiger partial charge in [-0.05, 0) is 29.8 Å². The van der Waals surface area contributed by atoms with Gasteiger partial charge in [0.25, 0.3) is 5.91 Å². The van der Waals surface area contributed by atoms with Gasteiger partial charge in [0, 0.05) is 6.42 Å². The van der Waals surface area contributed by atoms with E-state index in [-0.39, 0.29) is 16.8 Å². The molecule has 7 nitrogen and oxygen atoms in total. The number of rotatable bonds is 4. The van der Waals surface area contributed by atoms with Crippen molar-refractivity contribution in [2.75, 3.05) is 19.5 Å². The average molecular weight is 355 g/mol. The van der Waals surface area contributed by atoms with Crippen molar-refractivity contribution in [3.8, 4) is 5.75 Å². The Hall–Kier alpha value is -3.35. The maximum absolute atomic E-state index is 12.6. The van der Waals surface area contributed by atoms with Crippen LogP contribution in [0.3, 0.4) is 0 Å². The van der Waals surface area contributed by atoms with Gasteiger partial charge in [-0.3, -0.25) is 4.79 Å². The number of methoxy groups -OCH3 is 2. The van der Waals surface area contributed by atoms with E-state index in [1.54, 1.807) is 6.07 Å². The first kappa shape index (κ1) is 17.5. The summed E-state index contributed by atoms with van der Waals surface area (Å²) < 4.78 is 15.0. The van der Waals surface area contributed by atoms with E-state index in [0.717, 1.165) is 5.56 Å². The number of hydrogen-bond donors (Lipinski definition) is 1. The van der Waals surface area contributed by atoms with E-state index in [1.165, 1.54) is 32.4 Å². The smallest absolute Gasteiger partial charge is 0.339 e. The van der Waals surface area contributed by atoms with Gasteiger partial charge in [-0.1, -0.05) is 18.2 Å². The number of anilines is 1. The van der Waals surface area contributed by atoms with Gasteiger partial charge in [-0.2, -0.15) is 0 Å². The Bertz CT molecular complexity index is 851. The van der Waals surface area contributed by atoms with Crippen molar-refractivity contribution >= 4 is 23.5 Å². The summed E-state index contributed by atoms with van der Waals surface area (Å²) in [6.45, 7) is 0. The number of nitrogens with one attached hydrogen (secondary N) is 1. The number of benzene rings is 2. The zero-order valence-electron chi connectivity index (χ0n) is 14.3. The molecule has 2 aromatic rings. The molecule has 0 saturated heterocycles. The highest BCUT2D eigenvalue weighted by Gasteiger charge is 2.30. The normalized spacial score (nSPS) is 14.8. The maximum Gasteiger partial charge on any atom is 0.339 e. The molecular formula is C19H17NO6. The number of carbonyl (C=O) groups is 3. The summed E-state index contributed by atoms with van der Waals surface area (Å²) in [5.41, 5.74) is 1.42. The SMILES string of the molecule is COC(=O)c1ccc(C(=O)OC)c(NC(=O)C2Cc3ccccc3O2)c1. The fraction of sp³-hybridized carbons (Fsp3) is 0.211. The summed E-state index contributed by atoms with van der Waals surface area (Å²) in [6, 6.07) is 11.6. The first-order valence-electron chi connectivity index (χ1n) is 7.89. The first-order chi connectivity index (χ1) is 12.5. The monoisotopic (exact) mass is 355 g/mol. The largest absolute Gasteiger partial charge is 0.480 e. The van der Waals surface area contributed by atoms with E-state index in [9.17, 15) is 14.4 Å². The third kappa shape index (κ3) is 3.37. The molecule has 3 rings (SSSR count). The van der Waals surface area contributed by atoms with E-state index in [0.29, 0.717) is 12.2 Å². The van der Waals surface area contributed by atoms with Crippen LogP contribution in [-0.2, 0) is 20.7 Å². The summed E-state index contributed by atoms with van der Waals surface area (Å²) in [6.07, 6.45) is -0.300. The molecule has 1 unspecified atom stereocenters. The van der Waals surface area contributed by atoms with Crippen molar-refractivity contribution in [3.05, 3.63) is 59.2 Å². The summed E-state index contributed by atoms with van der Waals surface area (Å²) >= 11 is 0. The summed E-state index contributed by atoms with van der Waals surface area (Å²) in [7, 11) is 2.48. The number of hydrogen-bond acceptors (Lipinski definition) is 6. The van der Waals surface area contributed by atoms with Crippen LogP contribution in [-0.4, -0.2) is 38.2 Å². The molecule has 1 atom stereocenters. The molecule has 0 fully saturated rings. The molecular weight excluding hydrogens is 338 g/mol. The molecule has 0 aliphatic carbocycles. The lowest BCUT2D eigenvalue weighted by Crippen LogP contribution is -2.32. The van der Waals surface area contributed by atoms with Gasteiger partial charge in [0.1, 0.15) is 5.75 Å².